The van der Waals surface area contributed by atoms with Gasteiger partial charge in [0.1, 0.15) is 48.4 Å². The van der Waals surface area contributed by atoms with Crippen LogP contribution in [-0.4, -0.2) is 176 Å². The summed E-state index contributed by atoms with van der Waals surface area (Å²) in [6, 6.07) is -1.27. The molecule has 2 aromatic heterocycles. The molecule has 1 aromatic carbocycles. The molecule has 7 atom stereocenters. The molecule has 30 heteroatoms. The van der Waals surface area contributed by atoms with Crippen molar-refractivity contribution in [2.75, 3.05) is 61.9 Å². The molecule has 19 N–H and O–H groups in total. The van der Waals surface area contributed by atoms with Crippen molar-refractivity contribution in [2.45, 2.75) is 352 Å². The number of rotatable bonds is 72. The van der Waals surface area contributed by atoms with Gasteiger partial charge in [0.15, 0.2) is 17.2 Å². The van der Waals surface area contributed by atoms with Crippen molar-refractivity contribution >= 4 is 87.9 Å². The highest BCUT2D eigenvalue weighted by atomic mass is 32.2. The molecule has 3 aromatic rings. The third-order valence-corrected chi connectivity index (χ3v) is 21.5. The Bertz CT molecular complexity index is 3220. The molecule has 0 radical (unpaired) electrons. The number of ketones is 1. The van der Waals surface area contributed by atoms with Crippen LogP contribution in [0.4, 0.5) is 11.8 Å². The number of fused-ring (bicyclic) bond motifs is 1. The number of carbonyl (C=O) groups is 9. The SMILES string of the molecule is CCCCCCCCCCCCCCCC(=O)OCC(CSC[C@H](N)C(=O)NC(CO)C(=O)N[C@@H](CCCCN)C(=O)NC(CCCCCC(=O)c1ccc(Cn2c(=O)[nH]c3c(N)nc(NCCCC)nc32)cc1)C(=O)N[C@@H](CCCCN)C(=O)NC(CCCCN)C(=O)O)OC(=O)CCCCCCCCCCCCCCC. The maximum atomic E-state index is 14.6. The molecule has 113 heavy (non-hydrogen) atoms. The molecule has 0 aliphatic heterocycles. The lowest BCUT2D eigenvalue weighted by Crippen LogP contribution is -2.59. The van der Waals surface area contributed by atoms with Gasteiger partial charge in [-0.25, -0.2) is 9.59 Å². The minimum absolute atomic E-state index is 0.00252. The summed E-state index contributed by atoms with van der Waals surface area (Å²) in [7, 11) is 0. The first kappa shape index (κ1) is 99.9. The molecule has 0 aliphatic carbocycles. The van der Waals surface area contributed by atoms with E-state index in [9.17, 15) is 58.2 Å². The molecule has 0 bridgehead atoms. The number of carbonyl (C=O) groups excluding carboxylic acids is 8. The van der Waals surface area contributed by atoms with Crippen LogP contribution < -0.4 is 66.3 Å². The van der Waals surface area contributed by atoms with Crippen molar-refractivity contribution in [3.05, 3.63) is 45.9 Å². The number of esters is 2. The number of anilines is 2. The molecule has 3 rings (SSSR count). The van der Waals surface area contributed by atoms with Crippen LogP contribution in [0.1, 0.15) is 319 Å². The highest BCUT2D eigenvalue weighted by Crippen LogP contribution is 2.22. The van der Waals surface area contributed by atoms with E-state index >= 15 is 0 Å². The Kier molecular flexibility index (Phi) is 55.7. The van der Waals surface area contributed by atoms with E-state index in [1.165, 1.54) is 132 Å². The fourth-order valence-corrected chi connectivity index (χ4v) is 14.3. The number of nitrogens with two attached hydrogens (primary N) is 5. The Morgan fingerprint density at radius 2 is 0.903 bits per heavy atom. The van der Waals surface area contributed by atoms with Gasteiger partial charge in [0.25, 0.3) is 0 Å². The molecule has 2 heterocycles. The smallest absolute Gasteiger partial charge is 0.328 e. The highest BCUT2D eigenvalue weighted by molar-refractivity contribution is 7.99. The summed E-state index contributed by atoms with van der Waals surface area (Å²) < 4.78 is 13.0. The van der Waals surface area contributed by atoms with Crippen molar-refractivity contribution in [3.63, 3.8) is 0 Å². The molecule has 29 nitrogen and oxygen atoms in total. The number of aromatic nitrogens is 4. The summed E-state index contributed by atoms with van der Waals surface area (Å²) >= 11 is 1.18. The maximum Gasteiger partial charge on any atom is 0.328 e. The summed E-state index contributed by atoms with van der Waals surface area (Å²) in [6.45, 7) is 7.02. The fraction of sp³-hybridized carbons (Fsp3) is 0.759. The first-order valence-corrected chi connectivity index (χ1v) is 44.2. The van der Waals surface area contributed by atoms with Crippen LogP contribution in [0.2, 0.25) is 0 Å². The minimum atomic E-state index is -1.60. The Morgan fingerprint density at radius 1 is 0.496 bits per heavy atom. The number of aliphatic carboxylic acids is 1. The van der Waals surface area contributed by atoms with Gasteiger partial charge in [-0.2, -0.15) is 21.7 Å². The van der Waals surface area contributed by atoms with Crippen LogP contribution in [-0.2, 0) is 54.4 Å². The zero-order chi connectivity index (χ0) is 82.6. The monoisotopic (exact) mass is 1610 g/mol. The Labute approximate surface area is 676 Å². The molecular weight excluding hydrogens is 1460 g/mol. The van der Waals surface area contributed by atoms with Gasteiger partial charge in [0, 0.05) is 42.9 Å². The number of carboxylic acids is 1. The number of unbranched alkanes of at least 4 members (excludes halogenated alkanes) is 30. The first-order valence-electron chi connectivity index (χ1n) is 43.0. The van der Waals surface area contributed by atoms with Crippen molar-refractivity contribution in [2.24, 2.45) is 22.9 Å². The van der Waals surface area contributed by atoms with E-state index in [-0.39, 0.29) is 107 Å². The van der Waals surface area contributed by atoms with Crippen LogP contribution >= 0.6 is 11.8 Å². The number of carboxylic acid groups (broad SMARTS) is 1. The predicted molar refractivity (Wildman–Crippen MR) is 449 cm³/mol. The highest BCUT2D eigenvalue weighted by Gasteiger charge is 2.33. The number of Topliss-reactive ketones (excluding diaryl/α,β-unsaturated/α-hetero) is 1. The Balaban J connectivity index is 1.73. The second-order valence-electron chi connectivity index (χ2n) is 30.3. The molecule has 0 aliphatic rings. The number of aromatic amines is 1. The van der Waals surface area contributed by atoms with E-state index in [4.69, 9.17) is 38.1 Å². The molecule has 0 saturated carbocycles. The van der Waals surface area contributed by atoms with Gasteiger partial charge in [-0.1, -0.05) is 218 Å². The van der Waals surface area contributed by atoms with Gasteiger partial charge in [0.2, 0.25) is 35.5 Å². The lowest BCUT2D eigenvalue weighted by atomic mass is 10.0. The van der Waals surface area contributed by atoms with Crippen molar-refractivity contribution in [1.29, 1.82) is 0 Å². The molecular formula is C83H145N15O14S. The van der Waals surface area contributed by atoms with Crippen LogP contribution in [0.5, 0.6) is 0 Å². The molecule has 642 valence electrons. The van der Waals surface area contributed by atoms with Crippen molar-refractivity contribution in [1.82, 2.24) is 46.1 Å². The quantitative estimate of drug-likeness (QED) is 0.0142. The van der Waals surface area contributed by atoms with E-state index < -0.39 is 96.1 Å². The number of nitrogen functional groups attached to an aromatic ring is 1. The number of imidazole rings is 1. The summed E-state index contributed by atoms with van der Waals surface area (Å²) in [4.78, 5) is 148. The maximum absolute atomic E-state index is 14.6. The van der Waals surface area contributed by atoms with E-state index in [1.54, 1.807) is 24.3 Å². The number of nitrogens with one attached hydrogen (secondary N) is 7. The molecule has 4 unspecified atom stereocenters. The lowest BCUT2D eigenvalue weighted by Gasteiger charge is -2.27. The first-order chi connectivity index (χ1) is 54.7. The van der Waals surface area contributed by atoms with Gasteiger partial charge in [-0.15, -0.1) is 0 Å². The van der Waals surface area contributed by atoms with E-state index in [0.717, 1.165) is 51.4 Å². The second kappa shape index (κ2) is 63.0. The Morgan fingerprint density at radius 3 is 1.36 bits per heavy atom. The average molecular weight is 1610 g/mol. The standard InChI is InChI=1S/C83H145N15O14S/c1-4-7-10-12-14-16-18-20-22-24-26-28-33-46-71(101)111-58-63(112-72(102)47-34-29-27-25-23-21-19-17-15-13-11-8-5-2)59-113-60-64(87)76(103)94-69(57-99)80(107)92-66(42-35-38-52-84)78(105)90-65(77(104)91-67(43-36-39-53-85)79(106)93-68(81(108)109)44-37-40-54-86)41-31-30-32-45-70(100)62-50-48-61(49-51-62)56-98-75-73(95-83(98)110)74(88)96-82(97-75)89-55-9-6-3/h48-51,63-69,99H,4-47,52-60,84-87H2,1-3H3,(H,90,105)(H,91,104)(H,92,107)(H,93,106)(H,94,103)(H,95,110)(H,108,109)(H3,88,89,96,97)/t63?,64-,65?,66-,67-,68?,69?/m0/s1. The zero-order valence-corrected chi connectivity index (χ0v) is 69.6. The van der Waals surface area contributed by atoms with E-state index in [2.05, 4.69) is 67.6 Å². The average Bonchev–Trinajstić information content (AvgIpc) is 1.64. The van der Waals surface area contributed by atoms with Gasteiger partial charge < -0.3 is 85.2 Å². The molecule has 0 saturated heterocycles. The summed E-state index contributed by atoms with van der Waals surface area (Å²) in [5, 5.41) is 37.0. The summed E-state index contributed by atoms with van der Waals surface area (Å²) in [5.74, 6) is -5.85. The number of H-pyrrole nitrogens is 1. The van der Waals surface area contributed by atoms with Crippen LogP contribution in [0.3, 0.4) is 0 Å². The molecule has 0 fully saturated rings. The second-order valence-corrected chi connectivity index (χ2v) is 31.3. The van der Waals surface area contributed by atoms with Gasteiger partial charge in [0.05, 0.1) is 19.2 Å². The molecule has 0 spiro atoms. The summed E-state index contributed by atoms with van der Waals surface area (Å²) in [6.07, 6.45) is 35.6. The number of aliphatic hydroxyl groups excluding tert-OH is 1. The zero-order valence-electron chi connectivity index (χ0n) is 68.8. The van der Waals surface area contributed by atoms with Gasteiger partial charge >= 0.3 is 23.6 Å². The predicted octanol–water partition coefficient (Wildman–Crippen LogP) is 10.5. The number of hydrogen-bond acceptors (Lipinski definition) is 22. The number of amides is 5. The number of ether oxygens (including phenoxy) is 2. The third kappa shape index (κ3) is 44.4. The third-order valence-electron chi connectivity index (χ3n) is 20.3. The van der Waals surface area contributed by atoms with Gasteiger partial charge in [-0.05, 0) is 115 Å². The normalized spacial score (nSPS) is 13.3. The number of nitrogens with zero attached hydrogens (tertiary/aromatic N) is 3. The van der Waals surface area contributed by atoms with Crippen molar-refractivity contribution < 1.29 is 62.8 Å². The largest absolute Gasteiger partial charge is 0.480 e. The van der Waals surface area contributed by atoms with Crippen LogP contribution in [0.25, 0.3) is 11.2 Å². The number of thioether (sulfide) groups is 1. The molecule has 5 amide bonds. The number of benzene rings is 1. The minimum Gasteiger partial charge on any atom is -0.480 e. The van der Waals surface area contributed by atoms with Crippen LogP contribution in [0, 0.1) is 0 Å². The van der Waals surface area contributed by atoms with E-state index in [0.29, 0.717) is 106 Å². The van der Waals surface area contributed by atoms with Crippen molar-refractivity contribution in [3.8, 4) is 0 Å². The lowest BCUT2D eigenvalue weighted by molar-refractivity contribution is -0.157. The van der Waals surface area contributed by atoms with Gasteiger partial charge in [-0.3, -0.25) is 42.9 Å². The topological polar surface area (TPSA) is 478 Å². The van der Waals surface area contributed by atoms with Crippen LogP contribution in [0.15, 0.2) is 29.1 Å². The number of aliphatic hydroxyl groups is 1. The fourth-order valence-electron chi connectivity index (χ4n) is 13.3. The summed E-state index contributed by atoms with van der Waals surface area (Å²) in [5.41, 5.74) is 31.3. The van der Waals surface area contributed by atoms with E-state index in [1.807, 2.05) is 0 Å². The Hall–Kier alpha value is -7.25. The number of hydrogen-bond donors (Lipinski definition) is 14.